The summed E-state index contributed by atoms with van der Waals surface area (Å²) in [5.74, 6) is 0.980. The van der Waals surface area contributed by atoms with Crippen LogP contribution in [0.25, 0.3) is 0 Å². The third-order valence-electron chi connectivity index (χ3n) is 2.36. The smallest absolute Gasteiger partial charge is 0.311 e. The molecule has 0 amide bonds. The summed E-state index contributed by atoms with van der Waals surface area (Å²) in [6, 6.07) is 0. The number of hydrogen-bond donors (Lipinski definition) is 0. The Morgan fingerprint density at radius 3 is 2.62 bits per heavy atom. The summed E-state index contributed by atoms with van der Waals surface area (Å²) < 4.78 is 16.0. The Hall–Kier alpha value is -0.380. The molecular weight excluding hydrogens is 188 g/mol. The molecule has 0 bridgehead atoms. The average molecular weight is 204 g/mol. The van der Waals surface area contributed by atoms with Crippen LogP contribution in [0.3, 0.4) is 0 Å². The van der Waals surface area contributed by atoms with Crippen molar-refractivity contribution in [3.05, 3.63) is 0 Å². The van der Waals surface area contributed by atoms with Gasteiger partial charge in [0.05, 0.1) is 11.2 Å². The molecule has 0 radical (unpaired) electrons. The van der Waals surface area contributed by atoms with Crippen molar-refractivity contribution < 1.29 is 13.7 Å². The minimum absolute atomic E-state index is 0.124. The monoisotopic (exact) mass is 204 g/mol. The van der Waals surface area contributed by atoms with Crippen LogP contribution in [0.2, 0.25) is 0 Å². The van der Waals surface area contributed by atoms with Crippen LogP contribution in [-0.4, -0.2) is 28.3 Å². The van der Waals surface area contributed by atoms with E-state index in [9.17, 15) is 9.00 Å². The van der Waals surface area contributed by atoms with Gasteiger partial charge in [0.15, 0.2) is 0 Å². The molecule has 1 saturated carbocycles. The van der Waals surface area contributed by atoms with Crippen LogP contribution in [0.5, 0.6) is 0 Å². The Morgan fingerprint density at radius 1 is 1.54 bits per heavy atom. The van der Waals surface area contributed by atoms with Gasteiger partial charge in [-0.2, -0.15) is 0 Å². The van der Waals surface area contributed by atoms with Crippen LogP contribution in [-0.2, 0) is 20.3 Å². The molecule has 0 aromatic heterocycles. The SMILES string of the molecule is CCS(=O)CCOC(=O)C1(C)CC1. The fraction of sp³-hybridized carbons (Fsp3) is 0.889. The van der Waals surface area contributed by atoms with Gasteiger partial charge in [-0.1, -0.05) is 6.92 Å². The normalized spacial score (nSPS) is 20.8. The van der Waals surface area contributed by atoms with Gasteiger partial charge in [0.1, 0.15) is 6.61 Å². The number of esters is 1. The van der Waals surface area contributed by atoms with Gasteiger partial charge in [0.2, 0.25) is 0 Å². The number of ether oxygens (including phenoxy) is 1. The second kappa shape index (κ2) is 4.22. The largest absolute Gasteiger partial charge is 0.464 e. The molecule has 4 heteroatoms. The zero-order valence-corrected chi connectivity index (χ0v) is 8.99. The van der Waals surface area contributed by atoms with Gasteiger partial charge < -0.3 is 4.74 Å². The third kappa shape index (κ3) is 3.10. The molecule has 0 N–H and O–H groups in total. The van der Waals surface area contributed by atoms with Crippen molar-refractivity contribution in [2.24, 2.45) is 5.41 Å². The molecule has 1 rings (SSSR count). The second-order valence-corrected chi connectivity index (χ2v) is 5.49. The Labute approximate surface area is 81.3 Å². The Balaban J connectivity index is 2.12. The molecule has 0 aromatic rings. The van der Waals surface area contributed by atoms with Crippen molar-refractivity contribution in [2.75, 3.05) is 18.1 Å². The topological polar surface area (TPSA) is 43.4 Å². The molecule has 76 valence electrons. The lowest BCUT2D eigenvalue weighted by Crippen LogP contribution is -2.19. The van der Waals surface area contributed by atoms with Crippen molar-refractivity contribution in [3.63, 3.8) is 0 Å². The molecule has 1 unspecified atom stereocenters. The van der Waals surface area contributed by atoms with Gasteiger partial charge in [-0.3, -0.25) is 9.00 Å². The van der Waals surface area contributed by atoms with Gasteiger partial charge in [0.25, 0.3) is 0 Å². The van der Waals surface area contributed by atoms with Crippen LogP contribution in [0.1, 0.15) is 26.7 Å². The van der Waals surface area contributed by atoms with E-state index in [1.807, 2.05) is 13.8 Å². The Bertz CT molecular complexity index is 221. The van der Waals surface area contributed by atoms with E-state index in [-0.39, 0.29) is 11.4 Å². The molecule has 3 nitrogen and oxygen atoms in total. The fourth-order valence-electron chi connectivity index (χ4n) is 0.938. The summed E-state index contributed by atoms with van der Waals surface area (Å²) >= 11 is 0. The van der Waals surface area contributed by atoms with E-state index in [2.05, 4.69) is 0 Å². The van der Waals surface area contributed by atoms with Crippen LogP contribution in [0.4, 0.5) is 0 Å². The molecule has 0 heterocycles. The molecule has 0 aromatic carbocycles. The quantitative estimate of drug-likeness (QED) is 0.630. The van der Waals surface area contributed by atoms with Gasteiger partial charge in [-0.05, 0) is 19.8 Å². The lowest BCUT2D eigenvalue weighted by molar-refractivity contribution is -0.148. The molecule has 1 atom stereocenters. The van der Waals surface area contributed by atoms with Crippen LogP contribution in [0.15, 0.2) is 0 Å². The van der Waals surface area contributed by atoms with Gasteiger partial charge in [0, 0.05) is 16.6 Å². The molecule has 1 fully saturated rings. The molecule has 0 aliphatic heterocycles. The highest BCUT2D eigenvalue weighted by atomic mass is 32.2. The first-order valence-corrected chi connectivity index (χ1v) is 6.09. The lowest BCUT2D eigenvalue weighted by atomic mass is 10.1. The van der Waals surface area contributed by atoms with Crippen molar-refractivity contribution in [3.8, 4) is 0 Å². The van der Waals surface area contributed by atoms with Crippen molar-refractivity contribution in [2.45, 2.75) is 26.7 Å². The summed E-state index contributed by atoms with van der Waals surface area (Å²) in [7, 11) is -0.827. The van der Waals surface area contributed by atoms with E-state index in [1.54, 1.807) is 0 Å². The highest BCUT2D eigenvalue weighted by molar-refractivity contribution is 7.84. The van der Waals surface area contributed by atoms with Gasteiger partial charge in [-0.15, -0.1) is 0 Å². The molecule has 13 heavy (non-hydrogen) atoms. The first kappa shape index (κ1) is 10.7. The van der Waals surface area contributed by atoms with Crippen molar-refractivity contribution in [1.29, 1.82) is 0 Å². The van der Waals surface area contributed by atoms with E-state index in [0.717, 1.165) is 12.8 Å². The second-order valence-electron chi connectivity index (χ2n) is 3.63. The zero-order chi connectivity index (χ0) is 9.90. The van der Waals surface area contributed by atoms with Crippen molar-refractivity contribution >= 4 is 16.8 Å². The van der Waals surface area contributed by atoms with Crippen molar-refractivity contribution in [1.82, 2.24) is 0 Å². The van der Waals surface area contributed by atoms with E-state index in [0.29, 0.717) is 18.1 Å². The average Bonchev–Trinajstić information content (AvgIpc) is 2.84. The maximum absolute atomic E-state index is 11.3. The van der Waals surface area contributed by atoms with E-state index >= 15 is 0 Å². The van der Waals surface area contributed by atoms with E-state index in [4.69, 9.17) is 4.74 Å². The van der Waals surface area contributed by atoms with Gasteiger partial charge >= 0.3 is 5.97 Å². The fourth-order valence-corrected chi connectivity index (χ4v) is 1.50. The first-order chi connectivity index (χ1) is 6.08. The minimum Gasteiger partial charge on any atom is -0.464 e. The molecule has 1 aliphatic rings. The third-order valence-corrected chi connectivity index (χ3v) is 3.62. The summed E-state index contributed by atoms with van der Waals surface area (Å²) in [5.41, 5.74) is -0.215. The predicted molar refractivity (Wildman–Crippen MR) is 51.9 cm³/mol. The molecule has 0 saturated heterocycles. The van der Waals surface area contributed by atoms with E-state index < -0.39 is 10.8 Å². The highest BCUT2D eigenvalue weighted by Crippen LogP contribution is 2.45. The number of rotatable bonds is 5. The zero-order valence-electron chi connectivity index (χ0n) is 8.17. The molecule has 1 aliphatic carbocycles. The summed E-state index contributed by atoms with van der Waals surface area (Å²) in [6.07, 6.45) is 1.87. The number of carbonyl (C=O) groups excluding carboxylic acids is 1. The maximum atomic E-state index is 11.3. The summed E-state index contributed by atoms with van der Waals surface area (Å²) in [6.45, 7) is 4.07. The van der Waals surface area contributed by atoms with Gasteiger partial charge in [-0.25, -0.2) is 0 Å². The Morgan fingerprint density at radius 2 is 2.15 bits per heavy atom. The van der Waals surface area contributed by atoms with Crippen LogP contribution >= 0.6 is 0 Å². The minimum atomic E-state index is -0.827. The number of carbonyl (C=O) groups is 1. The number of hydrogen-bond acceptors (Lipinski definition) is 3. The van der Waals surface area contributed by atoms with E-state index in [1.165, 1.54) is 0 Å². The summed E-state index contributed by atoms with van der Waals surface area (Å²) in [5, 5.41) is 0. The highest BCUT2D eigenvalue weighted by Gasteiger charge is 2.46. The molecule has 0 spiro atoms. The Kier molecular flexibility index (Phi) is 3.47. The first-order valence-electron chi connectivity index (χ1n) is 4.61. The van der Waals surface area contributed by atoms with Crippen LogP contribution < -0.4 is 0 Å². The predicted octanol–water partition coefficient (Wildman–Crippen LogP) is 1.10. The lowest BCUT2D eigenvalue weighted by Gasteiger charge is -2.08. The standard InChI is InChI=1S/C9H16O3S/c1-3-13(11)7-6-12-8(10)9(2)4-5-9/h3-7H2,1-2H3. The van der Waals surface area contributed by atoms with Crippen LogP contribution in [0, 0.1) is 5.41 Å². The molecular formula is C9H16O3S. The maximum Gasteiger partial charge on any atom is 0.311 e. The summed E-state index contributed by atoms with van der Waals surface area (Å²) in [4.78, 5) is 11.3.